The third-order valence-corrected chi connectivity index (χ3v) is 5.24. The molecule has 1 aliphatic heterocycles. The Morgan fingerprint density at radius 1 is 1.52 bits per heavy atom. The number of nitrogens with zero attached hydrogens (tertiary/aromatic N) is 2. The summed E-state index contributed by atoms with van der Waals surface area (Å²) in [5.74, 6) is -0.126. The first-order valence-electron chi connectivity index (χ1n) is 7.19. The van der Waals surface area contributed by atoms with Crippen molar-refractivity contribution in [3.63, 3.8) is 0 Å². The van der Waals surface area contributed by atoms with Crippen molar-refractivity contribution in [2.45, 2.75) is 25.9 Å². The fourth-order valence-electron chi connectivity index (χ4n) is 2.55. The number of hydrogen-bond acceptors (Lipinski definition) is 5. The molecule has 1 fully saturated rings. The van der Waals surface area contributed by atoms with Gasteiger partial charge in [0, 0.05) is 31.7 Å². The first-order chi connectivity index (χ1) is 9.93. The summed E-state index contributed by atoms with van der Waals surface area (Å²) in [7, 11) is 2.16. The van der Waals surface area contributed by atoms with Crippen LogP contribution in [0.1, 0.15) is 23.5 Å². The van der Waals surface area contributed by atoms with Crippen LogP contribution >= 0.6 is 11.3 Å². The van der Waals surface area contributed by atoms with E-state index in [1.54, 1.807) is 6.08 Å². The molecule has 0 aromatic carbocycles. The molecule has 1 amide bonds. The highest BCUT2D eigenvalue weighted by molar-refractivity contribution is 7.18. The van der Waals surface area contributed by atoms with Crippen LogP contribution < -0.4 is 16.0 Å². The predicted molar refractivity (Wildman–Crippen MR) is 90.2 cm³/mol. The van der Waals surface area contributed by atoms with Gasteiger partial charge in [0.05, 0.1) is 10.7 Å². The Morgan fingerprint density at radius 3 is 2.71 bits per heavy atom. The van der Waals surface area contributed by atoms with Crippen molar-refractivity contribution in [1.29, 1.82) is 0 Å². The van der Waals surface area contributed by atoms with Gasteiger partial charge in [-0.05, 0) is 27.0 Å². The Morgan fingerprint density at radius 2 is 2.14 bits per heavy atom. The van der Waals surface area contributed by atoms with Gasteiger partial charge in [-0.1, -0.05) is 6.08 Å². The average Bonchev–Trinajstić information content (AvgIpc) is 2.83. The highest BCUT2D eigenvalue weighted by atomic mass is 32.1. The topological polar surface area (TPSA) is 61.6 Å². The third-order valence-electron chi connectivity index (χ3n) is 4.03. The third kappa shape index (κ3) is 3.39. The summed E-state index contributed by atoms with van der Waals surface area (Å²) in [6.45, 7) is 10.4. The summed E-state index contributed by atoms with van der Waals surface area (Å²) in [5.41, 5.74) is 6.56. The van der Waals surface area contributed by atoms with Gasteiger partial charge in [-0.2, -0.15) is 0 Å². The summed E-state index contributed by atoms with van der Waals surface area (Å²) in [6.07, 6.45) is 1.66. The van der Waals surface area contributed by atoms with E-state index in [0.717, 1.165) is 18.1 Å². The minimum absolute atomic E-state index is 0.126. The van der Waals surface area contributed by atoms with Crippen LogP contribution in [-0.2, 0) is 0 Å². The molecule has 0 aliphatic carbocycles. The lowest BCUT2D eigenvalue weighted by atomic mass is 10.1. The molecule has 2 heterocycles. The fourth-order valence-corrected chi connectivity index (χ4v) is 3.57. The van der Waals surface area contributed by atoms with E-state index in [1.807, 2.05) is 6.07 Å². The van der Waals surface area contributed by atoms with Crippen LogP contribution in [-0.4, -0.2) is 49.6 Å². The summed E-state index contributed by atoms with van der Waals surface area (Å²) in [5, 5.41) is 3.85. The fraction of sp³-hybridized carbons (Fsp3) is 0.533. The molecular formula is C15H24N4OS. The molecule has 2 atom stereocenters. The average molecular weight is 308 g/mol. The molecular weight excluding hydrogens is 284 g/mol. The maximum absolute atomic E-state index is 12.0. The van der Waals surface area contributed by atoms with Crippen LogP contribution in [0.3, 0.4) is 0 Å². The molecule has 3 N–H and O–H groups in total. The van der Waals surface area contributed by atoms with Crippen LogP contribution in [0.5, 0.6) is 0 Å². The number of hydrogen-bond donors (Lipinski definition) is 2. The van der Waals surface area contributed by atoms with Crippen LogP contribution in [0.15, 0.2) is 18.7 Å². The number of thiophene rings is 1. The number of nitrogens with two attached hydrogens (primary N) is 1. The zero-order chi connectivity index (χ0) is 15.6. The maximum Gasteiger partial charge on any atom is 0.263 e. The Hall–Kier alpha value is -1.53. The first-order valence-corrected chi connectivity index (χ1v) is 8.01. The lowest BCUT2D eigenvalue weighted by Crippen LogP contribution is -2.54. The first kappa shape index (κ1) is 15.9. The molecule has 1 saturated heterocycles. The van der Waals surface area contributed by atoms with Gasteiger partial charge in [-0.25, -0.2) is 0 Å². The molecule has 1 aromatic heterocycles. The summed E-state index contributed by atoms with van der Waals surface area (Å²) in [6, 6.07) is 2.88. The molecule has 21 heavy (non-hydrogen) atoms. The van der Waals surface area contributed by atoms with Crippen LogP contribution in [0, 0.1) is 0 Å². The highest BCUT2D eigenvalue weighted by Crippen LogP contribution is 2.34. The van der Waals surface area contributed by atoms with E-state index < -0.39 is 0 Å². The number of carbonyl (C=O) groups excluding carboxylic acids is 1. The largest absolute Gasteiger partial charge is 0.397 e. The number of nitrogens with one attached hydrogen (secondary N) is 1. The number of anilines is 2. The molecule has 5 nitrogen and oxygen atoms in total. The molecule has 1 aliphatic rings. The quantitative estimate of drug-likeness (QED) is 0.832. The van der Waals surface area contributed by atoms with Gasteiger partial charge < -0.3 is 16.0 Å². The van der Waals surface area contributed by atoms with Crippen LogP contribution in [0.2, 0.25) is 0 Å². The Labute approximate surface area is 130 Å². The summed E-state index contributed by atoms with van der Waals surface area (Å²) in [4.78, 5) is 17.3. The van der Waals surface area contributed by atoms with Gasteiger partial charge in [0.1, 0.15) is 4.88 Å². The van der Waals surface area contributed by atoms with Crippen molar-refractivity contribution in [2.75, 3.05) is 37.3 Å². The van der Waals surface area contributed by atoms with E-state index in [1.165, 1.54) is 11.3 Å². The SMILES string of the molecule is C=CCNC(=O)c1sc(N2CC(C)N(C)C(C)C2)cc1N. The summed E-state index contributed by atoms with van der Waals surface area (Å²) < 4.78 is 0. The number of amides is 1. The number of likely N-dealkylation sites (N-methyl/N-ethyl adjacent to an activating group) is 1. The second-order valence-electron chi connectivity index (χ2n) is 5.64. The van der Waals surface area contributed by atoms with Gasteiger partial charge >= 0.3 is 0 Å². The van der Waals surface area contributed by atoms with Crippen molar-refractivity contribution in [3.05, 3.63) is 23.6 Å². The lowest BCUT2D eigenvalue weighted by molar-refractivity contribution is 0.0963. The van der Waals surface area contributed by atoms with Crippen molar-refractivity contribution in [2.24, 2.45) is 0 Å². The minimum Gasteiger partial charge on any atom is -0.397 e. The van der Waals surface area contributed by atoms with Crippen LogP contribution in [0.25, 0.3) is 0 Å². The lowest BCUT2D eigenvalue weighted by Gasteiger charge is -2.42. The summed E-state index contributed by atoms with van der Waals surface area (Å²) >= 11 is 1.47. The van der Waals surface area contributed by atoms with Crippen molar-refractivity contribution < 1.29 is 4.79 Å². The van der Waals surface area contributed by atoms with Gasteiger partial charge in [0.2, 0.25) is 0 Å². The molecule has 116 valence electrons. The predicted octanol–water partition coefficient (Wildman–Crippen LogP) is 1.77. The molecule has 0 bridgehead atoms. The van der Waals surface area contributed by atoms with E-state index in [2.05, 4.69) is 42.6 Å². The molecule has 2 unspecified atom stereocenters. The smallest absolute Gasteiger partial charge is 0.263 e. The Kier molecular flexibility index (Phi) is 4.90. The van der Waals surface area contributed by atoms with E-state index in [-0.39, 0.29) is 5.91 Å². The van der Waals surface area contributed by atoms with E-state index >= 15 is 0 Å². The zero-order valence-electron chi connectivity index (χ0n) is 12.9. The number of rotatable bonds is 4. The number of nitrogen functional groups attached to an aromatic ring is 1. The van der Waals surface area contributed by atoms with E-state index in [4.69, 9.17) is 5.73 Å². The van der Waals surface area contributed by atoms with Crippen molar-refractivity contribution in [3.8, 4) is 0 Å². The highest BCUT2D eigenvalue weighted by Gasteiger charge is 2.28. The van der Waals surface area contributed by atoms with Crippen molar-refractivity contribution >= 4 is 27.9 Å². The van der Waals surface area contributed by atoms with E-state index in [9.17, 15) is 4.79 Å². The maximum atomic E-state index is 12.0. The van der Waals surface area contributed by atoms with E-state index in [0.29, 0.717) is 29.2 Å². The zero-order valence-corrected chi connectivity index (χ0v) is 13.7. The van der Waals surface area contributed by atoms with Gasteiger partial charge in [-0.15, -0.1) is 17.9 Å². The van der Waals surface area contributed by atoms with Gasteiger partial charge in [0.25, 0.3) is 5.91 Å². The second kappa shape index (κ2) is 6.49. The standard InChI is InChI=1S/C15H24N4OS/c1-5-6-17-15(20)14-12(16)7-13(21-14)19-8-10(2)18(4)11(3)9-19/h5,7,10-11H,1,6,8-9,16H2,2-4H3,(H,17,20). The van der Waals surface area contributed by atoms with Gasteiger partial charge in [0.15, 0.2) is 0 Å². The molecule has 0 radical (unpaired) electrons. The van der Waals surface area contributed by atoms with Gasteiger partial charge in [-0.3, -0.25) is 9.69 Å². The minimum atomic E-state index is -0.126. The molecule has 1 aromatic rings. The molecule has 2 rings (SSSR count). The molecule has 0 spiro atoms. The van der Waals surface area contributed by atoms with Crippen LogP contribution in [0.4, 0.5) is 10.7 Å². The molecule has 6 heteroatoms. The Balaban J connectivity index is 2.15. The molecule has 0 saturated carbocycles. The normalized spacial score (nSPS) is 23.1. The monoisotopic (exact) mass is 308 g/mol. The Bertz CT molecular complexity index is 516. The second-order valence-corrected chi connectivity index (χ2v) is 6.67. The van der Waals surface area contributed by atoms with Crippen molar-refractivity contribution in [1.82, 2.24) is 10.2 Å². The number of piperazine rings is 1. The number of carbonyl (C=O) groups is 1.